The van der Waals surface area contributed by atoms with Gasteiger partial charge in [-0.1, -0.05) is 6.92 Å². The van der Waals surface area contributed by atoms with Gasteiger partial charge in [0, 0.05) is 0 Å². The lowest BCUT2D eigenvalue weighted by Gasteiger charge is -2.10. The lowest BCUT2D eigenvalue weighted by Crippen LogP contribution is -2.26. The van der Waals surface area contributed by atoms with Gasteiger partial charge in [0.15, 0.2) is 0 Å². The van der Waals surface area contributed by atoms with E-state index in [1.165, 1.54) is 0 Å². The summed E-state index contributed by atoms with van der Waals surface area (Å²) in [5, 5.41) is 18.4. The van der Waals surface area contributed by atoms with Gasteiger partial charge in [-0.15, -0.1) is 0 Å². The Morgan fingerprint density at radius 2 is 2.00 bits per heavy atom. The van der Waals surface area contributed by atoms with Gasteiger partial charge in [0.1, 0.15) is 5.76 Å². The number of carbonyl (C=O) groups is 1. The van der Waals surface area contributed by atoms with E-state index < -0.39 is 12.1 Å². The van der Waals surface area contributed by atoms with Crippen LogP contribution in [0, 0.1) is 0 Å². The number of rotatable bonds is 4. The van der Waals surface area contributed by atoms with Crippen LogP contribution >= 0.6 is 0 Å². The molecule has 0 aliphatic heterocycles. The van der Waals surface area contributed by atoms with E-state index in [0.717, 1.165) is 0 Å². The molecule has 0 saturated carbocycles. The highest BCUT2D eigenvalue weighted by Crippen LogP contribution is 2.06. The maximum atomic E-state index is 11.0. The highest BCUT2D eigenvalue weighted by Gasteiger charge is 2.21. The Morgan fingerprint density at radius 3 is 2.38 bits per heavy atom. The summed E-state index contributed by atoms with van der Waals surface area (Å²) in [6, 6.07) is 0. The van der Waals surface area contributed by atoms with E-state index in [4.69, 9.17) is 0 Å². The van der Waals surface area contributed by atoms with Crippen molar-refractivity contribution in [3.8, 4) is 0 Å². The van der Waals surface area contributed by atoms with Crippen LogP contribution in [0.1, 0.15) is 27.2 Å². The van der Waals surface area contributed by atoms with E-state index in [1.807, 2.05) is 6.92 Å². The highest BCUT2D eigenvalue weighted by molar-refractivity contribution is 5.77. The van der Waals surface area contributed by atoms with Gasteiger partial charge < -0.3 is 14.9 Å². The van der Waals surface area contributed by atoms with Crippen molar-refractivity contribution in [1.82, 2.24) is 0 Å². The molecule has 0 radical (unpaired) electrons. The van der Waals surface area contributed by atoms with Crippen molar-refractivity contribution in [2.24, 2.45) is 0 Å². The smallest absolute Gasteiger partial charge is 0.342 e. The van der Waals surface area contributed by atoms with Gasteiger partial charge in [0.05, 0.1) is 6.61 Å². The Morgan fingerprint density at radius 1 is 1.46 bits per heavy atom. The van der Waals surface area contributed by atoms with Crippen molar-refractivity contribution in [2.45, 2.75) is 33.3 Å². The molecule has 0 spiro atoms. The first-order chi connectivity index (χ1) is 6.00. The first kappa shape index (κ1) is 12.0. The van der Waals surface area contributed by atoms with Gasteiger partial charge in [-0.2, -0.15) is 0 Å². The fourth-order valence-electron chi connectivity index (χ4n) is 0.667. The molecule has 76 valence electrons. The summed E-state index contributed by atoms with van der Waals surface area (Å²) in [6.07, 6.45) is -0.856. The number of hydrogen-bond donors (Lipinski definition) is 2. The summed E-state index contributed by atoms with van der Waals surface area (Å²) in [4.78, 5) is 11.0. The Hall–Kier alpha value is -1.03. The zero-order valence-corrected chi connectivity index (χ0v) is 8.20. The van der Waals surface area contributed by atoms with Crippen LogP contribution in [0.15, 0.2) is 11.3 Å². The molecule has 0 aromatic rings. The summed E-state index contributed by atoms with van der Waals surface area (Å²) < 4.78 is 4.64. The topological polar surface area (TPSA) is 66.8 Å². The number of aliphatic hydroxyl groups is 2. The molecule has 13 heavy (non-hydrogen) atoms. The molecule has 1 atom stereocenters. The van der Waals surface area contributed by atoms with Crippen LogP contribution in [-0.4, -0.2) is 28.9 Å². The average molecular weight is 188 g/mol. The molecule has 2 N–H and O–H groups in total. The number of hydrogen-bond acceptors (Lipinski definition) is 4. The fourth-order valence-corrected chi connectivity index (χ4v) is 0.667. The zero-order chi connectivity index (χ0) is 10.4. The summed E-state index contributed by atoms with van der Waals surface area (Å²) >= 11 is 0. The number of aliphatic hydroxyl groups excluding tert-OH is 2. The van der Waals surface area contributed by atoms with Gasteiger partial charge in [-0.05, 0) is 25.8 Å². The van der Waals surface area contributed by atoms with E-state index in [-0.39, 0.29) is 12.4 Å². The van der Waals surface area contributed by atoms with Crippen LogP contribution in [0.25, 0.3) is 0 Å². The average Bonchev–Trinajstić information content (AvgIpc) is 2.11. The van der Waals surface area contributed by atoms with Crippen molar-refractivity contribution in [3.05, 3.63) is 11.3 Å². The summed E-state index contributed by atoms with van der Waals surface area (Å²) in [5.41, 5.74) is 0.501. The molecule has 0 aromatic heterocycles. The molecule has 0 aliphatic carbocycles. The van der Waals surface area contributed by atoms with Gasteiger partial charge >= 0.3 is 5.97 Å². The van der Waals surface area contributed by atoms with Crippen LogP contribution in [0.4, 0.5) is 0 Å². The minimum absolute atomic E-state index is 0.256. The van der Waals surface area contributed by atoms with Crippen molar-refractivity contribution >= 4 is 5.97 Å². The van der Waals surface area contributed by atoms with Crippen molar-refractivity contribution in [2.75, 3.05) is 6.61 Å². The highest BCUT2D eigenvalue weighted by atomic mass is 16.5. The second-order valence-electron chi connectivity index (χ2n) is 2.96. The number of allylic oxidation sites excluding steroid dienone is 1. The molecule has 4 heteroatoms. The third-order valence-electron chi connectivity index (χ3n) is 1.44. The third-order valence-corrected chi connectivity index (χ3v) is 1.44. The van der Waals surface area contributed by atoms with E-state index >= 15 is 0 Å². The van der Waals surface area contributed by atoms with Crippen LogP contribution in [0.3, 0.4) is 0 Å². The minimum atomic E-state index is -1.54. The molecule has 0 aliphatic rings. The van der Waals surface area contributed by atoms with Crippen LogP contribution in [-0.2, 0) is 9.53 Å². The molecule has 0 aromatic carbocycles. The van der Waals surface area contributed by atoms with Gasteiger partial charge in [-0.3, -0.25) is 0 Å². The molecule has 0 amide bonds. The fraction of sp³-hybridized carbons (Fsp3) is 0.667. The second-order valence-corrected chi connectivity index (χ2v) is 2.96. The Balaban J connectivity index is 4.18. The Bertz CT molecular complexity index is 204. The first-order valence-corrected chi connectivity index (χ1v) is 4.21. The lowest BCUT2D eigenvalue weighted by molar-refractivity contribution is -0.152. The number of carbonyl (C=O) groups excluding carboxylic acids is 1. The van der Waals surface area contributed by atoms with Gasteiger partial charge in [0.25, 0.3) is 0 Å². The molecular formula is C9H16O4. The summed E-state index contributed by atoms with van der Waals surface area (Å²) in [6.45, 7) is 5.31. The number of esters is 1. The maximum absolute atomic E-state index is 11.0. The zero-order valence-electron chi connectivity index (χ0n) is 8.20. The van der Waals surface area contributed by atoms with E-state index in [1.54, 1.807) is 13.8 Å². The molecule has 0 bridgehead atoms. The van der Waals surface area contributed by atoms with E-state index in [0.29, 0.717) is 12.0 Å². The van der Waals surface area contributed by atoms with Crippen LogP contribution < -0.4 is 0 Å². The van der Waals surface area contributed by atoms with Gasteiger partial charge in [0.2, 0.25) is 6.10 Å². The molecule has 0 rings (SSSR count). The summed E-state index contributed by atoms with van der Waals surface area (Å²) in [5.74, 6) is -1.14. The minimum Gasteiger partial charge on any atom is -0.509 e. The SMILES string of the molecule is CCCOC(=O)C(O)C(O)=C(C)C. The monoisotopic (exact) mass is 188 g/mol. The van der Waals surface area contributed by atoms with Crippen LogP contribution in [0.5, 0.6) is 0 Å². The lowest BCUT2D eigenvalue weighted by atomic mass is 10.2. The standard InChI is InChI=1S/C9H16O4/c1-4-5-13-9(12)8(11)7(10)6(2)3/h8,10-11H,4-5H2,1-3H3. The first-order valence-electron chi connectivity index (χ1n) is 4.21. The van der Waals surface area contributed by atoms with Crippen molar-refractivity contribution in [3.63, 3.8) is 0 Å². The second kappa shape index (κ2) is 5.59. The Kier molecular flexibility index (Phi) is 5.14. The van der Waals surface area contributed by atoms with Crippen LogP contribution in [0.2, 0.25) is 0 Å². The molecule has 0 saturated heterocycles. The normalized spacial score (nSPS) is 12.0. The van der Waals surface area contributed by atoms with Crippen molar-refractivity contribution in [1.29, 1.82) is 0 Å². The predicted molar refractivity (Wildman–Crippen MR) is 48.3 cm³/mol. The maximum Gasteiger partial charge on any atom is 0.342 e. The molecule has 1 unspecified atom stereocenters. The predicted octanol–water partition coefficient (Wildman–Crippen LogP) is 1.15. The molecular weight excluding hydrogens is 172 g/mol. The van der Waals surface area contributed by atoms with Gasteiger partial charge in [-0.25, -0.2) is 4.79 Å². The number of ether oxygens (including phenoxy) is 1. The van der Waals surface area contributed by atoms with E-state index in [2.05, 4.69) is 4.74 Å². The molecule has 4 nitrogen and oxygen atoms in total. The quantitative estimate of drug-likeness (QED) is 0.513. The molecule has 0 heterocycles. The summed E-state index contributed by atoms with van der Waals surface area (Å²) in [7, 11) is 0. The third kappa shape index (κ3) is 3.94. The Labute approximate surface area is 77.8 Å². The van der Waals surface area contributed by atoms with Crippen molar-refractivity contribution < 1.29 is 19.7 Å². The van der Waals surface area contributed by atoms with E-state index in [9.17, 15) is 15.0 Å². The molecule has 0 fully saturated rings. The largest absolute Gasteiger partial charge is 0.509 e.